The Bertz CT molecular complexity index is 616. The molecule has 6 heteroatoms. The summed E-state index contributed by atoms with van der Waals surface area (Å²) >= 11 is 0. The summed E-state index contributed by atoms with van der Waals surface area (Å²) in [6.07, 6.45) is 1.66. The Hall–Kier alpha value is -1.66. The SMILES string of the molecule is C[Si](C)(C)CCOCn1c(C(=O)O)cc2ncccc21. The number of hydrogen-bond donors (Lipinski definition) is 1. The molecule has 2 rings (SSSR count). The first-order valence-corrected chi connectivity index (χ1v) is 10.3. The Morgan fingerprint density at radius 1 is 1.45 bits per heavy atom. The van der Waals surface area contributed by atoms with Gasteiger partial charge < -0.3 is 14.4 Å². The van der Waals surface area contributed by atoms with Crippen LogP contribution in [-0.2, 0) is 11.5 Å². The molecule has 20 heavy (non-hydrogen) atoms. The van der Waals surface area contributed by atoms with E-state index in [0.717, 1.165) is 11.6 Å². The monoisotopic (exact) mass is 292 g/mol. The summed E-state index contributed by atoms with van der Waals surface area (Å²) in [5, 5.41) is 9.26. The minimum atomic E-state index is -1.13. The third kappa shape index (κ3) is 3.46. The minimum Gasteiger partial charge on any atom is -0.477 e. The van der Waals surface area contributed by atoms with E-state index < -0.39 is 14.0 Å². The quantitative estimate of drug-likeness (QED) is 0.656. The average molecular weight is 292 g/mol. The van der Waals surface area contributed by atoms with E-state index in [0.29, 0.717) is 12.1 Å². The van der Waals surface area contributed by atoms with E-state index in [1.165, 1.54) is 0 Å². The standard InChI is InChI=1S/C14H20N2O3Si/c1-20(2,3)8-7-19-10-16-12-5-4-6-15-11(12)9-13(16)14(17)18/h4-6,9H,7-8,10H2,1-3H3,(H,17,18). The van der Waals surface area contributed by atoms with Gasteiger partial charge in [0.05, 0.1) is 11.0 Å². The maximum Gasteiger partial charge on any atom is 0.352 e. The molecule has 5 nitrogen and oxygen atoms in total. The van der Waals surface area contributed by atoms with Crippen LogP contribution in [0.2, 0.25) is 25.7 Å². The van der Waals surface area contributed by atoms with Crippen molar-refractivity contribution in [2.75, 3.05) is 6.61 Å². The van der Waals surface area contributed by atoms with Gasteiger partial charge in [-0.1, -0.05) is 19.6 Å². The van der Waals surface area contributed by atoms with Gasteiger partial charge in [0, 0.05) is 20.9 Å². The zero-order valence-electron chi connectivity index (χ0n) is 12.1. The molecule has 0 bridgehead atoms. The van der Waals surface area contributed by atoms with Gasteiger partial charge in [-0.2, -0.15) is 0 Å². The highest BCUT2D eigenvalue weighted by atomic mass is 28.3. The highest BCUT2D eigenvalue weighted by molar-refractivity contribution is 6.76. The Morgan fingerprint density at radius 3 is 2.85 bits per heavy atom. The summed E-state index contributed by atoms with van der Waals surface area (Å²) in [4.78, 5) is 15.5. The summed E-state index contributed by atoms with van der Waals surface area (Å²) in [5.74, 6) is -0.961. The Kier molecular flexibility index (Phi) is 4.25. The first-order valence-electron chi connectivity index (χ1n) is 6.64. The number of hydrogen-bond acceptors (Lipinski definition) is 3. The van der Waals surface area contributed by atoms with Crippen molar-refractivity contribution in [3.8, 4) is 0 Å². The summed E-state index contributed by atoms with van der Waals surface area (Å²) in [6, 6.07) is 6.30. The molecule has 0 amide bonds. The molecule has 0 aliphatic carbocycles. The first-order chi connectivity index (χ1) is 9.38. The van der Waals surface area contributed by atoms with E-state index in [1.807, 2.05) is 6.07 Å². The second-order valence-electron chi connectivity index (χ2n) is 6.02. The van der Waals surface area contributed by atoms with Crippen molar-refractivity contribution in [3.63, 3.8) is 0 Å². The van der Waals surface area contributed by atoms with E-state index >= 15 is 0 Å². The summed E-state index contributed by atoms with van der Waals surface area (Å²) < 4.78 is 7.32. The topological polar surface area (TPSA) is 64.3 Å². The lowest BCUT2D eigenvalue weighted by molar-refractivity contribution is 0.0630. The molecule has 0 unspecified atom stereocenters. The summed E-state index contributed by atoms with van der Waals surface area (Å²) in [5.41, 5.74) is 1.68. The van der Waals surface area contributed by atoms with Crippen LogP contribution in [0.25, 0.3) is 11.0 Å². The van der Waals surface area contributed by atoms with Crippen molar-refractivity contribution in [2.45, 2.75) is 32.4 Å². The number of rotatable bonds is 6. The van der Waals surface area contributed by atoms with Crippen LogP contribution in [0, 0.1) is 0 Å². The van der Waals surface area contributed by atoms with Crippen molar-refractivity contribution in [1.29, 1.82) is 0 Å². The van der Waals surface area contributed by atoms with E-state index in [1.54, 1.807) is 22.9 Å². The zero-order valence-corrected chi connectivity index (χ0v) is 13.1. The molecule has 0 saturated carbocycles. The Labute approximate surface area is 119 Å². The van der Waals surface area contributed by atoms with Crippen molar-refractivity contribution >= 4 is 25.1 Å². The molecule has 0 saturated heterocycles. The normalized spacial score (nSPS) is 11.9. The van der Waals surface area contributed by atoms with Gasteiger partial charge in [0.1, 0.15) is 12.4 Å². The fourth-order valence-corrected chi connectivity index (χ4v) is 2.69. The van der Waals surface area contributed by atoms with Crippen LogP contribution in [0.5, 0.6) is 0 Å². The molecule has 0 atom stereocenters. The predicted molar refractivity (Wildman–Crippen MR) is 80.8 cm³/mol. The fraction of sp³-hybridized carbons (Fsp3) is 0.429. The number of carboxylic acid groups (broad SMARTS) is 1. The van der Waals surface area contributed by atoms with Gasteiger partial charge in [-0.15, -0.1) is 0 Å². The van der Waals surface area contributed by atoms with Gasteiger partial charge in [0.25, 0.3) is 0 Å². The summed E-state index contributed by atoms with van der Waals surface area (Å²) in [7, 11) is -1.13. The van der Waals surface area contributed by atoms with E-state index in [4.69, 9.17) is 4.74 Å². The average Bonchev–Trinajstić information content (AvgIpc) is 2.72. The van der Waals surface area contributed by atoms with E-state index in [2.05, 4.69) is 24.6 Å². The molecule has 1 N–H and O–H groups in total. The third-order valence-electron chi connectivity index (χ3n) is 3.11. The highest BCUT2D eigenvalue weighted by Gasteiger charge is 2.16. The predicted octanol–water partition coefficient (Wildman–Crippen LogP) is 3.05. The number of carbonyl (C=O) groups is 1. The number of fused-ring (bicyclic) bond motifs is 1. The molecule has 2 heterocycles. The molecule has 0 aliphatic rings. The van der Waals surface area contributed by atoms with E-state index in [9.17, 15) is 9.90 Å². The first kappa shape index (κ1) is 14.7. The fourth-order valence-electron chi connectivity index (χ4n) is 1.94. The Morgan fingerprint density at radius 2 is 2.20 bits per heavy atom. The third-order valence-corrected chi connectivity index (χ3v) is 4.81. The van der Waals surface area contributed by atoms with Crippen LogP contribution in [0.15, 0.2) is 24.4 Å². The number of carboxylic acids is 1. The van der Waals surface area contributed by atoms with Gasteiger partial charge in [-0.3, -0.25) is 4.98 Å². The molecular weight excluding hydrogens is 272 g/mol. The van der Waals surface area contributed by atoms with E-state index in [-0.39, 0.29) is 12.4 Å². The molecule has 2 aromatic rings. The van der Waals surface area contributed by atoms with Crippen LogP contribution in [0.1, 0.15) is 10.5 Å². The lowest BCUT2D eigenvalue weighted by atomic mass is 10.4. The number of nitrogens with zero attached hydrogens (tertiary/aromatic N) is 2. The number of ether oxygens (including phenoxy) is 1. The molecule has 0 spiro atoms. The lowest BCUT2D eigenvalue weighted by Crippen LogP contribution is -2.22. The summed E-state index contributed by atoms with van der Waals surface area (Å²) in [6.45, 7) is 7.77. The Balaban J connectivity index is 2.15. The lowest BCUT2D eigenvalue weighted by Gasteiger charge is -2.16. The van der Waals surface area contributed by atoms with Gasteiger partial charge in [0.15, 0.2) is 0 Å². The molecule has 0 aliphatic heterocycles. The van der Waals surface area contributed by atoms with Crippen molar-refractivity contribution in [1.82, 2.24) is 9.55 Å². The van der Waals surface area contributed by atoms with Crippen LogP contribution in [0.3, 0.4) is 0 Å². The maximum atomic E-state index is 11.3. The second-order valence-corrected chi connectivity index (χ2v) is 11.6. The smallest absolute Gasteiger partial charge is 0.352 e. The largest absolute Gasteiger partial charge is 0.477 e. The maximum absolute atomic E-state index is 11.3. The molecular formula is C14H20N2O3Si. The second kappa shape index (κ2) is 5.76. The molecule has 0 aromatic carbocycles. The number of pyridine rings is 1. The van der Waals surface area contributed by atoms with Crippen molar-refractivity contribution < 1.29 is 14.6 Å². The van der Waals surface area contributed by atoms with Gasteiger partial charge in [-0.25, -0.2) is 4.79 Å². The van der Waals surface area contributed by atoms with Crippen LogP contribution in [-0.4, -0.2) is 35.3 Å². The van der Waals surface area contributed by atoms with Crippen LogP contribution < -0.4 is 0 Å². The number of aromatic nitrogens is 2. The van der Waals surface area contributed by atoms with Crippen molar-refractivity contribution in [2.24, 2.45) is 0 Å². The molecule has 108 valence electrons. The van der Waals surface area contributed by atoms with Crippen LogP contribution in [0.4, 0.5) is 0 Å². The number of aromatic carboxylic acids is 1. The zero-order chi connectivity index (χ0) is 14.8. The highest BCUT2D eigenvalue weighted by Crippen LogP contribution is 2.18. The van der Waals surface area contributed by atoms with Gasteiger partial charge in [0.2, 0.25) is 0 Å². The minimum absolute atomic E-state index is 0.215. The van der Waals surface area contributed by atoms with Crippen LogP contribution >= 0.6 is 0 Å². The molecule has 0 fully saturated rings. The van der Waals surface area contributed by atoms with Crippen molar-refractivity contribution in [3.05, 3.63) is 30.1 Å². The van der Waals surface area contributed by atoms with Gasteiger partial charge in [-0.05, 0) is 24.2 Å². The molecule has 2 aromatic heterocycles. The van der Waals surface area contributed by atoms with Gasteiger partial charge >= 0.3 is 5.97 Å². The molecule has 0 radical (unpaired) electrons.